The van der Waals surface area contributed by atoms with E-state index in [9.17, 15) is 4.79 Å². The van der Waals surface area contributed by atoms with Gasteiger partial charge in [0.05, 0.1) is 5.56 Å². The average Bonchev–Trinajstić information content (AvgIpc) is 3.40. The van der Waals surface area contributed by atoms with E-state index in [0.717, 1.165) is 58.2 Å². The zero-order chi connectivity index (χ0) is 34.2. The zero-order valence-electron chi connectivity index (χ0n) is 29.5. The predicted molar refractivity (Wildman–Crippen MR) is 203 cm³/mol. The lowest BCUT2D eigenvalue weighted by Crippen LogP contribution is -2.33. The molecule has 4 aromatic carbocycles. The number of halogens is 1. The fourth-order valence-corrected chi connectivity index (χ4v) is 7.49. The van der Waals surface area contributed by atoms with E-state index < -0.39 is 5.60 Å². The summed E-state index contributed by atoms with van der Waals surface area (Å²) < 4.78 is 13.3. The van der Waals surface area contributed by atoms with Crippen molar-refractivity contribution in [2.45, 2.75) is 103 Å². The molecule has 0 bridgehead atoms. The van der Waals surface area contributed by atoms with Crippen LogP contribution < -0.4 is 15.0 Å². The lowest BCUT2D eigenvalue weighted by atomic mass is 9.77. The molecule has 0 saturated heterocycles. The molecule has 0 radical (unpaired) electrons. The summed E-state index contributed by atoms with van der Waals surface area (Å²) in [6, 6.07) is 26.1. The Morgan fingerprint density at radius 1 is 0.694 bits per heavy atom. The third-order valence-electron chi connectivity index (χ3n) is 10.1. The molecule has 5 nitrogen and oxygen atoms in total. The van der Waals surface area contributed by atoms with Crippen LogP contribution in [0.15, 0.2) is 78.9 Å². The van der Waals surface area contributed by atoms with Gasteiger partial charge in [-0.3, -0.25) is 0 Å². The molecule has 0 aromatic heterocycles. The highest BCUT2D eigenvalue weighted by Gasteiger charge is 2.53. The number of nitrogens with one attached hydrogen (secondary N) is 1. The smallest absolute Gasteiger partial charge is 0.340 e. The summed E-state index contributed by atoms with van der Waals surface area (Å²) in [5.41, 5.74) is 5.98. The molecular formula is C43H51ClN2O3. The molecule has 1 N–H and O–H groups in total. The van der Waals surface area contributed by atoms with Crippen molar-refractivity contribution in [3.63, 3.8) is 0 Å². The number of carbonyl (C=O) groups excluding carboxylic acids is 1. The summed E-state index contributed by atoms with van der Waals surface area (Å²) in [7, 11) is 0. The number of rotatable bonds is 17. The Kier molecular flexibility index (Phi) is 11.5. The van der Waals surface area contributed by atoms with E-state index in [2.05, 4.69) is 61.3 Å². The Morgan fingerprint density at radius 2 is 1.33 bits per heavy atom. The van der Waals surface area contributed by atoms with Gasteiger partial charge in [0.15, 0.2) is 5.60 Å². The van der Waals surface area contributed by atoms with E-state index >= 15 is 0 Å². The van der Waals surface area contributed by atoms with Crippen molar-refractivity contribution in [1.82, 2.24) is 0 Å². The summed E-state index contributed by atoms with van der Waals surface area (Å²) in [5, 5.41) is 4.23. The number of esters is 1. The normalized spacial score (nSPS) is 15.7. The fraction of sp³-hybridized carbons (Fsp3) is 0.419. The molecule has 2 aliphatic rings. The van der Waals surface area contributed by atoms with Gasteiger partial charge in [0.2, 0.25) is 0 Å². The van der Waals surface area contributed by atoms with Crippen molar-refractivity contribution in [2.75, 3.05) is 23.3 Å². The highest BCUT2D eigenvalue weighted by Crippen LogP contribution is 2.57. The van der Waals surface area contributed by atoms with Crippen LogP contribution in [-0.4, -0.2) is 19.1 Å². The van der Waals surface area contributed by atoms with Crippen LogP contribution in [0.1, 0.15) is 124 Å². The van der Waals surface area contributed by atoms with Crippen molar-refractivity contribution >= 4 is 34.6 Å². The van der Waals surface area contributed by atoms with Gasteiger partial charge < -0.3 is 19.7 Å². The standard InChI is InChI=1S/C43H51ClN2O3/c1-4-6-8-10-12-16-26-46(27-17-13-11-9-7-5-2)34-24-25-37-41(29-34)48-40-28-31(3)39(45-33-22-20-32(44)21-23-33)30-38(40)43(37)36-19-15-14-18-35(36)42(47)49-43/h14-15,18-25,28-30,45H,4-13,16-17,26-27H2,1-3H3. The van der Waals surface area contributed by atoms with Crippen LogP contribution >= 0.6 is 11.6 Å². The maximum Gasteiger partial charge on any atom is 0.340 e. The van der Waals surface area contributed by atoms with E-state index in [0.29, 0.717) is 16.3 Å². The van der Waals surface area contributed by atoms with Gasteiger partial charge in [-0.25, -0.2) is 4.79 Å². The van der Waals surface area contributed by atoms with Crippen molar-refractivity contribution in [1.29, 1.82) is 0 Å². The molecule has 49 heavy (non-hydrogen) atoms. The molecule has 0 aliphatic carbocycles. The first kappa shape index (κ1) is 34.9. The maximum absolute atomic E-state index is 13.5. The molecule has 2 aliphatic heterocycles. The monoisotopic (exact) mass is 678 g/mol. The van der Waals surface area contributed by atoms with E-state index in [1.54, 1.807) is 0 Å². The number of unbranched alkanes of at least 4 members (excludes halogenated alkanes) is 10. The van der Waals surface area contributed by atoms with Crippen LogP contribution in [-0.2, 0) is 10.3 Å². The Labute approximate surface area is 298 Å². The van der Waals surface area contributed by atoms with Crippen LogP contribution in [0.5, 0.6) is 11.5 Å². The molecule has 6 rings (SSSR count). The summed E-state index contributed by atoms with van der Waals surface area (Å²) in [4.78, 5) is 16.1. The van der Waals surface area contributed by atoms with Crippen LogP contribution in [0.25, 0.3) is 0 Å². The number of benzene rings is 4. The molecule has 1 spiro atoms. The van der Waals surface area contributed by atoms with Crippen molar-refractivity contribution < 1.29 is 14.3 Å². The second-order valence-electron chi connectivity index (χ2n) is 13.7. The van der Waals surface area contributed by atoms with Gasteiger partial charge in [-0.05, 0) is 79.9 Å². The molecule has 6 heteroatoms. The summed E-state index contributed by atoms with van der Waals surface area (Å²) in [6.45, 7) is 8.66. The average molecular weight is 679 g/mol. The summed E-state index contributed by atoms with van der Waals surface area (Å²) in [5.74, 6) is 1.12. The van der Waals surface area contributed by atoms with Crippen molar-refractivity contribution in [3.05, 3.63) is 112 Å². The van der Waals surface area contributed by atoms with E-state index in [1.165, 1.54) is 77.0 Å². The number of nitrogens with zero attached hydrogens (tertiary/aromatic N) is 1. The lowest BCUT2D eigenvalue weighted by Gasteiger charge is -2.38. The first-order valence-corrected chi connectivity index (χ1v) is 18.9. The van der Waals surface area contributed by atoms with Crippen LogP contribution in [0.3, 0.4) is 0 Å². The highest BCUT2D eigenvalue weighted by atomic mass is 35.5. The predicted octanol–water partition coefficient (Wildman–Crippen LogP) is 12.5. The number of hydrogen-bond acceptors (Lipinski definition) is 5. The van der Waals surface area contributed by atoms with Gasteiger partial charge in [0.25, 0.3) is 0 Å². The summed E-state index contributed by atoms with van der Waals surface area (Å²) >= 11 is 6.16. The topological polar surface area (TPSA) is 50.8 Å². The minimum atomic E-state index is -1.12. The molecule has 4 aromatic rings. The Balaban J connectivity index is 1.35. The largest absolute Gasteiger partial charge is 0.456 e. The van der Waals surface area contributed by atoms with Crippen LogP contribution in [0.4, 0.5) is 17.1 Å². The second-order valence-corrected chi connectivity index (χ2v) is 14.2. The van der Waals surface area contributed by atoms with E-state index in [1.807, 2.05) is 48.5 Å². The first-order chi connectivity index (χ1) is 23.9. The second kappa shape index (κ2) is 16.2. The van der Waals surface area contributed by atoms with Gasteiger partial charge in [0.1, 0.15) is 11.5 Å². The Bertz CT molecular complexity index is 1720. The van der Waals surface area contributed by atoms with Gasteiger partial charge in [-0.2, -0.15) is 0 Å². The van der Waals surface area contributed by atoms with Gasteiger partial charge in [-0.1, -0.05) is 108 Å². The Morgan fingerprint density at radius 3 is 2.02 bits per heavy atom. The number of hydrogen-bond donors (Lipinski definition) is 1. The van der Waals surface area contributed by atoms with Crippen LogP contribution in [0.2, 0.25) is 5.02 Å². The quantitative estimate of drug-likeness (QED) is 0.0889. The molecular weight excluding hydrogens is 628 g/mol. The molecule has 0 saturated carbocycles. The number of aryl methyl sites for hydroxylation is 1. The minimum absolute atomic E-state index is 0.320. The van der Waals surface area contributed by atoms with Gasteiger partial charge in [-0.15, -0.1) is 0 Å². The lowest BCUT2D eigenvalue weighted by molar-refractivity contribution is 0.0224. The minimum Gasteiger partial charge on any atom is -0.456 e. The third kappa shape index (κ3) is 7.62. The highest BCUT2D eigenvalue weighted by molar-refractivity contribution is 6.30. The maximum atomic E-state index is 13.5. The number of ether oxygens (including phenoxy) is 2. The number of carbonyl (C=O) groups is 1. The SMILES string of the molecule is CCCCCCCCN(CCCCCCCC)c1ccc2c(c1)Oc1cc(C)c(Nc3ccc(Cl)cc3)cc1C21OC(=O)c2ccccc21. The molecule has 2 heterocycles. The van der Waals surface area contributed by atoms with Gasteiger partial charge >= 0.3 is 5.97 Å². The molecule has 1 atom stereocenters. The van der Waals surface area contributed by atoms with Crippen molar-refractivity contribution in [3.8, 4) is 11.5 Å². The molecule has 258 valence electrons. The van der Waals surface area contributed by atoms with E-state index in [-0.39, 0.29) is 5.97 Å². The summed E-state index contributed by atoms with van der Waals surface area (Å²) in [6.07, 6.45) is 15.3. The number of anilines is 3. The molecule has 1 unspecified atom stereocenters. The fourth-order valence-electron chi connectivity index (χ4n) is 7.36. The third-order valence-corrected chi connectivity index (χ3v) is 10.3. The molecule has 0 fully saturated rings. The number of fused-ring (bicyclic) bond motifs is 6. The van der Waals surface area contributed by atoms with Crippen molar-refractivity contribution in [2.24, 2.45) is 0 Å². The van der Waals surface area contributed by atoms with E-state index in [4.69, 9.17) is 21.1 Å². The Hall–Kier alpha value is -3.96. The van der Waals surface area contributed by atoms with Crippen LogP contribution in [0, 0.1) is 6.92 Å². The molecule has 0 amide bonds. The van der Waals surface area contributed by atoms with Gasteiger partial charge in [0, 0.05) is 57.9 Å². The zero-order valence-corrected chi connectivity index (χ0v) is 30.2. The first-order valence-electron chi connectivity index (χ1n) is 18.5.